The Kier molecular flexibility index (Phi) is 6.79. The van der Waals surface area contributed by atoms with Crippen LogP contribution in [0.1, 0.15) is 37.9 Å². The number of nitrogens with one attached hydrogen (secondary N) is 1. The van der Waals surface area contributed by atoms with Crippen LogP contribution in [0.2, 0.25) is 0 Å². The Morgan fingerprint density at radius 3 is 2.59 bits per heavy atom. The summed E-state index contributed by atoms with van der Waals surface area (Å²) >= 11 is 1.75. The summed E-state index contributed by atoms with van der Waals surface area (Å²) in [6.45, 7) is 11.7. The van der Waals surface area contributed by atoms with E-state index in [1.165, 1.54) is 10.7 Å². The van der Waals surface area contributed by atoms with Crippen molar-refractivity contribution in [2.45, 2.75) is 46.2 Å². The number of nitrogens with zero attached hydrogens (tertiary/aromatic N) is 3. The number of carbonyl (C=O) groups is 1. The second-order valence-electron chi connectivity index (χ2n) is 6.02. The second-order valence-corrected chi connectivity index (χ2v) is 6.96. The molecule has 5 nitrogen and oxygen atoms in total. The minimum absolute atomic E-state index is 0.148. The van der Waals surface area contributed by atoms with E-state index in [1.54, 1.807) is 11.3 Å². The highest BCUT2D eigenvalue weighted by molar-refractivity contribution is 7.09. The predicted molar refractivity (Wildman–Crippen MR) is 91.1 cm³/mol. The highest BCUT2D eigenvalue weighted by atomic mass is 32.1. The first-order valence-corrected chi connectivity index (χ1v) is 9.16. The molecule has 124 valence electrons. The number of amides is 1. The van der Waals surface area contributed by atoms with Crippen molar-refractivity contribution in [1.29, 1.82) is 0 Å². The van der Waals surface area contributed by atoms with Gasteiger partial charge in [-0.3, -0.25) is 14.6 Å². The first kappa shape index (κ1) is 17.4. The van der Waals surface area contributed by atoms with Crippen LogP contribution in [0.5, 0.6) is 0 Å². The van der Waals surface area contributed by atoms with Crippen molar-refractivity contribution in [2.24, 2.45) is 0 Å². The maximum absolute atomic E-state index is 11.9. The molecule has 1 aromatic heterocycles. The Morgan fingerprint density at radius 1 is 1.32 bits per heavy atom. The standard InChI is InChI=1S/C16H28N4OS/c1-4-13(3)17-15(21)11-20-8-6-19(7-9-20)10-14-12-22-16(5-2)18-14/h12-13H,4-11H2,1-3H3,(H,17,21)/t13-/m0/s1. The van der Waals surface area contributed by atoms with Gasteiger partial charge >= 0.3 is 0 Å². The molecule has 0 bridgehead atoms. The molecule has 0 aliphatic carbocycles. The molecular formula is C16H28N4OS. The molecule has 0 spiro atoms. The van der Waals surface area contributed by atoms with E-state index < -0.39 is 0 Å². The maximum Gasteiger partial charge on any atom is 0.234 e. The first-order valence-electron chi connectivity index (χ1n) is 8.28. The molecular weight excluding hydrogens is 296 g/mol. The molecule has 1 amide bonds. The lowest BCUT2D eigenvalue weighted by Gasteiger charge is -2.34. The van der Waals surface area contributed by atoms with Gasteiger partial charge in [0.25, 0.3) is 0 Å². The van der Waals surface area contributed by atoms with E-state index in [0.717, 1.165) is 45.6 Å². The van der Waals surface area contributed by atoms with Gasteiger partial charge in [0.1, 0.15) is 0 Å². The van der Waals surface area contributed by atoms with E-state index >= 15 is 0 Å². The van der Waals surface area contributed by atoms with E-state index in [2.05, 4.69) is 39.3 Å². The van der Waals surface area contributed by atoms with Gasteiger partial charge in [-0.1, -0.05) is 13.8 Å². The molecule has 0 aromatic carbocycles. The highest BCUT2D eigenvalue weighted by Crippen LogP contribution is 2.13. The summed E-state index contributed by atoms with van der Waals surface area (Å²) in [5, 5.41) is 6.42. The molecule has 1 aliphatic heterocycles. The van der Waals surface area contributed by atoms with Crippen LogP contribution < -0.4 is 5.32 Å². The van der Waals surface area contributed by atoms with Gasteiger partial charge in [0.05, 0.1) is 17.2 Å². The smallest absolute Gasteiger partial charge is 0.234 e. The Bertz CT molecular complexity index is 468. The Hall–Kier alpha value is -0.980. The molecule has 1 aromatic rings. The fourth-order valence-electron chi connectivity index (χ4n) is 2.54. The van der Waals surface area contributed by atoms with E-state index in [9.17, 15) is 4.79 Å². The van der Waals surface area contributed by atoms with Crippen molar-refractivity contribution in [3.63, 3.8) is 0 Å². The third kappa shape index (κ3) is 5.34. The van der Waals surface area contributed by atoms with Gasteiger partial charge in [-0.25, -0.2) is 4.98 Å². The minimum atomic E-state index is 0.148. The number of thiazole rings is 1. The Labute approximate surface area is 137 Å². The van der Waals surface area contributed by atoms with E-state index in [0.29, 0.717) is 6.54 Å². The predicted octanol–water partition coefficient (Wildman–Crippen LogP) is 1.74. The van der Waals surface area contributed by atoms with Gasteiger partial charge in [0.15, 0.2) is 0 Å². The number of carbonyl (C=O) groups excluding carboxylic acids is 1. The number of piperazine rings is 1. The zero-order valence-electron chi connectivity index (χ0n) is 14.0. The van der Waals surface area contributed by atoms with Crippen LogP contribution >= 0.6 is 11.3 Å². The second kappa shape index (κ2) is 8.60. The molecule has 2 heterocycles. The summed E-state index contributed by atoms with van der Waals surface area (Å²) < 4.78 is 0. The summed E-state index contributed by atoms with van der Waals surface area (Å²) in [6, 6.07) is 0.270. The lowest BCUT2D eigenvalue weighted by molar-refractivity contribution is -0.123. The lowest BCUT2D eigenvalue weighted by Crippen LogP contribution is -2.49. The van der Waals surface area contributed by atoms with Crippen LogP contribution in [0, 0.1) is 0 Å². The van der Waals surface area contributed by atoms with Gasteiger partial charge in [-0.15, -0.1) is 11.3 Å². The van der Waals surface area contributed by atoms with Crippen molar-refractivity contribution >= 4 is 17.2 Å². The Morgan fingerprint density at radius 2 is 2.00 bits per heavy atom. The van der Waals surface area contributed by atoms with Gasteiger partial charge in [-0.05, 0) is 19.8 Å². The molecule has 1 N–H and O–H groups in total. The number of hydrogen-bond donors (Lipinski definition) is 1. The van der Waals surface area contributed by atoms with Crippen molar-refractivity contribution in [1.82, 2.24) is 20.1 Å². The summed E-state index contributed by atoms with van der Waals surface area (Å²) in [5.41, 5.74) is 1.19. The molecule has 1 fully saturated rings. The average Bonchev–Trinajstić information content (AvgIpc) is 2.96. The Balaban J connectivity index is 1.70. The van der Waals surface area contributed by atoms with Gasteiger partial charge in [0, 0.05) is 44.1 Å². The normalized spacial score (nSPS) is 18.3. The lowest BCUT2D eigenvalue weighted by atomic mass is 10.2. The fraction of sp³-hybridized carbons (Fsp3) is 0.750. The molecule has 1 atom stereocenters. The molecule has 1 aliphatic rings. The van der Waals surface area contributed by atoms with Crippen LogP contribution in [-0.2, 0) is 17.8 Å². The highest BCUT2D eigenvalue weighted by Gasteiger charge is 2.20. The summed E-state index contributed by atoms with van der Waals surface area (Å²) in [7, 11) is 0. The zero-order chi connectivity index (χ0) is 15.9. The molecule has 6 heteroatoms. The summed E-state index contributed by atoms with van der Waals surface area (Å²) in [6.07, 6.45) is 2.00. The van der Waals surface area contributed by atoms with Crippen molar-refractivity contribution in [2.75, 3.05) is 32.7 Å². The van der Waals surface area contributed by atoms with E-state index in [1.807, 2.05) is 6.92 Å². The minimum Gasteiger partial charge on any atom is -0.353 e. The largest absolute Gasteiger partial charge is 0.353 e. The van der Waals surface area contributed by atoms with Crippen molar-refractivity contribution < 1.29 is 4.79 Å². The monoisotopic (exact) mass is 324 g/mol. The van der Waals surface area contributed by atoms with Crippen LogP contribution in [-0.4, -0.2) is 59.5 Å². The third-order valence-electron chi connectivity index (χ3n) is 4.14. The third-order valence-corrected chi connectivity index (χ3v) is 5.18. The molecule has 2 rings (SSSR count). The van der Waals surface area contributed by atoms with E-state index in [-0.39, 0.29) is 11.9 Å². The van der Waals surface area contributed by atoms with Crippen LogP contribution in [0.15, 0.2) is 5.38 Å². The maximum atomic E-state index is 11.9. The molecule has 1 saturated heterocycles. The van der Waals surface area contributed by atoms with Crippen molar-refractivity contribution in [3.8, 4) is 0 Å². The van der Waals surface area contributed by atoms with Crippen LogP contribution in [0.25, 0.3) is 0 Å². The molecule has 0 saturated carbocycles. The SMILES string of the molecule is CCc1nc(CN2CCN(CC(=O)N[C@@H](C)CC)CC2)cs1. The number of rotatable bonds is 7. The first-order chi connectivity index (χ1) is 10.6. The van der Waals surface area contributed by atoms with Gasteiger partial charge < -0.3 is 5.32 Å². The number of hydrogen-bond acceptors (Lipinski definition) is 5. The van der Waals surface area contributed by atoms with Crippen molar-refractivity contribution in [3.05, 3.63) is 16.1 Å². The topological polar surface area (TPSA) is 48.5 Å². The summed E-state index contributed by atoms with van der Waals surface area (Å²) in [4.78, 5) is 21.2. The van der Waals surface area contributed by atoms with Crippen LogP contribution in [0.4, 0.5) is 0 Å². The van der Waals surface area contributed by atoms with Gasteiger partial charge in [0.2, 0.25) is 5.91 Å². The molecule has 0 unspecified atom stereocenters. The zero-order valence-corrected chi connectivity index (χ0v) is 14.8. The van der Waals surface area contributed by atoms with Gasteiger partial charge in [-0.2, -0.15) is 0 Å². The summed E-state index contributed by atoms with van der Waals surface area (Å²) in [5.74, 6) is 0.148. The van der Waals surface area contributed by atoms with E-state index in [4.69, 9.17) is 0 Å². The number of aryl methyl sites for hydroxylation is 1. The quantitative estimate of drug-likeness (QED) is 0.830. The number of aromatic nitrogens is 1. The fourth-order valence-corrected chi connectivity index (χ4v) is 3.28. The molecule has 22 heavy (non-hydrogen) atoms. The van der Waals surface area contributed by atoms with Crippen LogP contribution in [0.3, 0.4) is 0 Å². The molecule has 0 radical (unpaired) electrons. The average molecular weight is 324 g/mol.